The molecular weight excluding hydrogens is 581 g/mol. The lowest BCUT2D eigenvalue weighted by molar-refractivity contribution is -0.122. The number of carbonyl (C=O) groups excluding carboxylic acids is 3. The Morgan fingerprint density at radius 3 is 2.45 bits per heavy atom. The first kappa shape index (κ1) is 27.7. The number of amides is 3. The van der Waals surface area contributed by atoms with Crippen LogP contribution in [0.5, 0.6) is 11.5 Å². The number of fused-ring (bicyclic) bond motifs is 2. The Kier molecular flexibility index (Phi) is 7.33. The number of ether oxygens (including phenoxy) is 2. The topological polar surface area (TPSA) is 118 Å². The number of hydrogen-bond acceptors (Lipinski definition) is 8. The van der Waals surface area contributed by atoms with E-state index in [1.165, 1.54) is 31.4 Å². The van der Waals surface area contributed by atoms with Gasteiger partial charge in [-0.3, -0.25) is 19.2 Å². The molecule has 1 aromatic heterocycles. The highest BCUT2D eigenvalue weighted by Gasteiger charge is 2.56. The van der Waals surface area contributed by atoms with E-state index in [4.69, 9.17) is 9.47 Å². The number of thiazole rings is 1. The number of thioether (sulfide) groups is 1. The Hall–Kier alpha value is -4.42. The second kappa shape index (κ2) is 11.1. The van der Waals surface area contributed by atoms with E-state index in [0.717, 1.165) is 33.6 Å². The zero-order valence-corrected chi connectivity index (χ0v) is 24.0. The van der Waals surface area contributed by atoms with Crippen molar-refractivity contribution in [3.05, 3.63) is 98.2 Å². The summed E-state index contributed by atoms with van der Waals surface area (Å²) in [5.41, 5.74) is 2.63. The van der Waals surface area contributed by atoms with Crippen molar-refractivity contribution in [3.8, 4) is 11.5 Å². The number of nitrogens with zero attached hydrogens (tertiary/aromatic N) is 1. The Balaban J connectivity index is 1.29. The molecular formula is C30H24FN3O6S2. The van der Waals surface area contributed by atoms with Gasteiger partial charge in [0.05, 0.1) is 23.7 Å². The van der Waals surface area contributed by atoms with Gasteiger partial charge in [-0.15, -0.1) is 0 Å². The molecule has 9 nitrogen and oxygen atoms in total. The molecule has 2 aliphatic heterocycles. The number of aryl methyl sites for hydroxylation is 1. The summed E-state index contributed by atoms with van der Waals surface area (Å²) in [6, 6.07) is 17.6. The summed E-state index contributed by atoms with van der Waals surface area (Å²) in [5, 5.41) is 2.51. The van der Waals surface area contributed by atoms with Gasteiger partial charge in [0, 0.05) is 16.5 Å². The van der Waals surface area contributed by atoms with E-state index in [2.05, 4.69) is 10.3 Å². The predicted octanol–water partition coefficient (Wildman–Crippen LogP) is 4.71. The van der Waals surface area contributed by atoms with Crippen LogP contribution >= 0.6 is 23.1 Å². The van der Waals surface area contributed by atoms with Crippen LogP contribution < -0.4 is 24.6 Å². The lowest BCUT2D eigenvalue weighted by Crippen LogP contribution is -2.32. The molecule has 214 valence electrons. The summed E-state index contributed by atoms with van der Waals surface area (Å²) in [5.74, 6) is -2.52. The van der Waals surface area contributed by atoms with Crippen molar-refractivity contribution in [2.24, 2.45) is 5.92 Å². The van der Waals surface area contributed by atoms with Crippen LogP contribution in [-0.4, -0.2) is 41.7 Å². The average molecular weight is 606 g/mol. The Morgan fingerprint density at radius 1 is 1.00 bits per heavy atom. The number of aromatic amines is 1. The zero-order chi connectivity index (χ0) is 29.5. The Labute approximate surface area is 247 Å². The quantitative estimate of drug-likeness (QED) is 0.293. The number of aromatic nitrogens is 1. The number of anilines is 2. The first-order valence-corrected chi connectivity index (χ1v) is 14.6. The smallest absolute Gasteiger partial charge is 0.305 e. The van der Waals surface area contributed by atoms with Gasteiger partial charge in [0.25, 0.3) is 5.91 Å². The number of carbonyl (C=O) groups is 3. The number of hydrogen-bond donors (Lipinski definition) is 2. The largest absolute Gasteiger partial charge is 0.493 e. The number of imide groups is 1. The molecule has 0 saturated carbocycles. The van der Waals surface area contributed by atoms with Gasteiger partial charge in [0.2, 0.25) is 11.8 Å². The van der Waals surface area contributed by atoms with Crippen molar-refractivity contribution in [2.45, 2.75) is 23.1 Å². The fourth-order valence-electron chi connectivity index (χ4n) is 5.19. The van der Waals surface area contributed by atoms with E-state index in [0.29, 0.717) is 32.7 Å². The number of methoxy groups -OCH3 is 1. The number of halogens is 1. The van der Waals surface area contributed by atoms with Crippen LogP contribution in [0.2, 0.25) is 0 Å². The number of rotatable bonds is 7. The molecule has 0 aliphatic carbocycles. The molecule has 0 spiro atoms. The molecule has 4 aromatic rings. The molecule has 2 aliphatic rings. The maximum absolute atomic E-state index is 13.8. The van der Waals surface area contributed by atoms with Crippen LogP contribution in [0.1, 0.15) is 21.9 Å². The number of H-pyrrole nitrogens is 1. The minimum absolute atomic E-state index is 0.266. The molecule has 2 N–H and O–H groups in total. The Bertz CT molecular complexity index is 1750. The Morgan fingerprint density at radius 2 is 1.74 bits per heavy atom. The van der Waals surface area contributed by atoms with Gasteiger partial charge in [-0.2, -0.15) is 0 Å². The van der Waals surface area contributed by atoms with Gasteiger partial charge in [0.15, 0.2) is 18.1 Å². The van der Waals surface area contributed by atoms with Crippen LogP contribution in [0.25, 0.3) is 0 Å². The standard InChI is InChI=1S/C30H24FN3O6S2/c1-15-3-8-18(9-4-15)32-22(35)14-40-20-12-5-16(13-21(20)39-2)23-24-26(41-27-25(23)42-30(38)33-27)29(37)34(28(24)36)19-10-6-17(31)7-11-19/h3-13,23-24,26H,14H2,1-2H3,(H,32,35)(H,33,38)/t23-,24-,26+/m0/s1. The highest BCUT2D eigenvalue weighted by molar-refractivity contribution is 8.00. The third-order valence-electron chi connectivity index (χ3n) is 7.15. The van der Waals surface area contributed by atoms with Gasteiger partial charge in [-0.1, -0.05) is 46.9 Å². The lowest BCUT2D eigenvalue weighted by atomic mass is 9.83. The van der Waals surface area contributed by atoms with Crippen LogP contribution in [0.15, 0.2) is 76.6 Å². The van der Waals surface area contributed by atoms with Crippen LogP contribution in [0, 0.1) is 18.7 Å². The highest BCUT2D eigenvalue weighted by atomic mass is 32.2. The molecule has 6 rings (SSSR count). The monoisotopic (exact) mass is 605 g/mol. The van der Waals surface area contributed by atoms with Crippen molar-refractivity contribution in [1.82, 2.24) is 4.98 Å². The summed E-state index contributed by atoms with van der Waals surface area (Å²) in [4.78, 5) is 56.4. The molecule has 1 saturated heterocycles. The van der Waals surface area contributed by atoms with Crippen LogP contribution in [-0.2, 0) is 14.4 Å². The zero-order valence-electron chi connectivity index (χ0n) is 22.4. The van der Waals surface area contributed by atoms with Crippen molar-refractivity contribution in [1.29, 1.82) is 0 Å². The van der Waals surface area contributed by atoms with Crippen LogP contribution in [0.4, 0.5) is 15.8 Å². The fourth-order valence-corrected chi connectivity index (χ4v) is 7.71. The second-order valence-electron chi connectivity index (χ2n) is 9.85. The van der Waals surface area contributed by atoms with Gasteiger partial charge in [0.1, 0.15) is 11.1 Å². The molecule has 42 heavy (non-hydrogen) atoms. The summed E-state index contributed by atoms with van der Waals surface area (Å²) in [6.45, 7) is 1.69. The molecule has 3 heterocycles. The lowest BCUT2D eigenvalue weighted by Gasteiger charge is -2.30. The van der Waals surface area contributed by atoms with E-state index in [1.54, 1.807) is 30.3 Å². The minimum atomic E-state index is -0.816. The van der Waals surface area contributed by atoms with Gasteiger partial charge < -0.3 is 19.8 Å². The minimum Gasteiger partial charge on any atom is -0.493 e. The van der Waals surface area contributed by atoms with E-state index in [-0.39, 0.29) is 23.1 Å². The molecule has 3 aromatic carbocycles. The molecule has 0 bridgehead atoms. The van der Waals surface area contributed by atoms with Gasteiger partial charge in [-0.25, -0.2) is 9.29 Å². The third-order valence-corrected chi connectivity index (χ3v) is 9.55. The predicted molar refractivity (Wildman–Crippen MR) is 157 cm³/mol. The molecule has 3 amide bonds. The SMILES string of the molecule is COc1cc([C@@H]2c3sc(=O)[nH]c3S[C@H]3C(=O)N(c4ccc(F)cc4)C(=O)[C@@H]23)ccc1OCC(=O)Nc1ccc(C)cc1. The van der Waals surface area contributed by atoms with Crippen LogP contribution in [0.3, 0.4) is 0 Å². The normalized spacial score (nSPS) is 19.3. The summed E-state index contributed by atoms with van der Waals surface area (Å²) in [6.07, 6.45) is 0. The van der Waals surface area contributed by atoms with Gasteiger partial charge in [-0.05, 0) is 61.0 Å². The van der Waals surface area contributed by atoms with Crippen molar-refractivity contribution in [3.63, 3.8) is 0 Å². The van der Waals surface area contributed by atoms with E-state index in [9.17, 15) is 23.6 Å². The van der Waals surface area contributed by atoms with Gasteiger partial charge >= 0.3 is 4.87 Å². The van der Waals surface area contributed by atoms with Crippen molar-refractivity contribution in [2.75, 3.05) is 23.9 Å². The molecule has 0 radical (unpaired) electrons. The summed E-state index contributed by atoms with van der Waals surface area (Å²) < 4.78 is 24.9. The summed E-state index contributed by atoms with van der Waals surface area (Å²) >= 11 is 2.14. The fraction of sp³-hybridized carbons (Fsp3) is 0.200. The van der Waals surface area contributed by atoms with Crippen molar-refractivity contribution < 1.29 is 28.2 Å². The number of nitrogens with one attached hydrogen (secondary N) is 2. The summed E-state index contributed by atoms with van der Waals surface area (Å²) in [7, 11) is 1.46. The third kappa shape index (κ3) is 5.07. The van der Waals surface area contributed by atoms with E-state index >= 15 is 0 Å². The average Bonchev–Trinajstić information content (AvgIpc) is 3.47. The molecule has 3 atom stereocenters. The second-order valence-corrected chi connectivity index (χ2v) is 12.0. The maximum Gasteiger partial charge on any atom is 0.305 e. The molecule has 1 fully saturated rings. The highest BCUT2D eigenvalue weighted by Crippen LogP contribution is 2.53. The number of benzene rings is 3. The maximum atomic E-state index is 13.8. The first-order chi connectivity index (χ1) is 20.2. The van der Waals surface area contributed by atoms with E-state index < -0.39 is 34.7 Å². The van der Waals surface area contributed by atoms with Crippen molar-refractivity contribution >= 4 is 52.2 Å². The first-order valence-electron chi connectivity index (χ1n) is 12.9. The van der Waals surface area contributed by atoms with E-state index in [1.807, 2.05) is 19.1 Å². The molecule has 0 unspecified atom stereocenters. The molecule has 12 heteroatoms.